The van der Waals surface area contributed by atoms with Crippen LogP contribution in [-0.4, -0.2) is 70.9 Å². The van der Waals surface area contributed by atoms with Gasteiger partial charge in [0.05, 0.1) is 52.9 Å². The maximum Gasteiger partial charge on any atom is 0.0701 e. The topological polar surface area (TPSA) is 49.0 Å². The van der Waals surface area contributed by atoms with E-state index < -0.39 is 0 Å². The number of halogens is 1. The third-order valence-corrected chi connectivity index (χ3v) is 2.27. The van der Waals surface area contributed by atoms with Crippen LogP contribution in [0.1, 0.15) is 0 Å². The molecule has 0 aliphatic heterocycles. The zero-order valence-electron chi connectivity index (χ0n) is 10.6. The van der Waals surface area contributed by atoms with E-state index in [0.29, 0.717) is 39.6 Å². The minimum absolute atomic E-state index is 0.613. The molecule has 104 valence electrons. The van der Waals surface area contributed by atoms with Gasteiger partial charge in [-0.25, -0.2) is 0 Å². The molecule has 0 rings (SSSR count). The second-order valence-corrected chi connectivity index (χ2v) is 4.32. The fourth-order valence-corrected chi connectivity index (χ4v) is 1.30. The van der Waals surface area contributed by atoms with Crippen molar-refractivity contribution in [3.05, 3.63) is 0 Å². The van der Waals surface area contributed by atoms with Crippen molar-refractivity contribution in [1.29, 1.82) is 0 Å². The van der Waals surface area contributed by atoms with Gasteiger partial charge in [0.25, 0.3) is 0 Å². The molecule has 0 radical (unpaired) electrons. The molecule has 0 heterocycles. The summed E-state index contributed by atoms with van der Waals surface area (Å²) in [6, 6.07) is 0. The smallest absolute Gasteiger partial charge is 0.0701 e. The molecular weight excluding hydrogens is 337 g/mol. The Morgan fingerprint density at radius 3 is 1.53 bits per heavy atom. The summed E-state index contributed by atoms with van der Waals surface area (Å²) in [7, 11) is 1.90. The van der Waals surface area contributed by atoms with E-state index in [2.05, 4.69) is 27.9 Å². The number of nitrogens with one attached hydrogen (secondary N) is 1. The largest absolute Gasteiger partial charge is 0.378 e. The summed E-state index contributed by atoms with van der Waals surface area (Å²) in [6.07, 6.45) is 0. The molecule has 0 aliphatic rings. The molecular formula is C11H24INO4. The van der Waals surface area contributed by atoms with Crippen LogP contribution in [0.25, 0.3) is 0 Å². The zero-order valence-corrected chi connectivity index (χ0v) is 12.7. The van der Waals surface area contributed by atoms with Gasteiger partial charge in [0.2, 0.25) is 0 Å². The van der Waals surface area contributed by atoms with E-state index in [0.717, 1.165) is 24.2 Å². The SMILES string of the molecule is CNCCOCCOCCOCCOCCI. The van der Waals surface area contributed by atoms with Crippen molar-refractivity contribution >= 4 is 22.6 Å². The maximum absolute atomic E-state index is 5.33. The van der Waals surface area contributed by atoms with Crippen molar-refractivity contribution in [3.63, 3.8) is 0 Å². The summed E-state index contributed by atoms with van der Waals surface area (Å²) >= 11 is 2.28. The number of hydrogen-bond donors (Lipinski definition) is 1. The first kappa shape index (κ1) is 17.5. The molecule has 0 aromatic heterocycles. The molecule has 6 heteroatoms. The first-order valence-corrected chi connectivity index (χ1v) is 7.46. The fraction of sp³-hybridized carbons (Fsp3) is 1.00. The normalized spacial score (nSPS) is 10.9. The van der Waals surface area contributed by atoms with Gasteiger partial charge in [-0.3, -0.25) is 0 Å². The van der Waals surface area contributed by atoms with Crippen molar-refractivity contribution < 1.29 is 18.9 Å². The van der Waals surface area contributed by atoms with Gasteiger partial charge in [-0.1, -0.05) is 22.6 Å². The van der Waals surface area contributed by atoms with E-state index in [1.807, 2.05) is 7.05 Å². The van der Waals surface area contributed by atoms with Gasteiger partial charge in [-0.05, 0) is 7.05 Å². The van der Waals surface area contributed by atoms with Crippen LogP contribution in [0.3, 0.4) is 0 Å². The van der Waals surface area contributed by atoms with Crippen LogP contribution in [0.5, 0.6) is 0 Å². The van der Waals surface area contributed by atoms with Gasteiger partial charge in [-0.15, -0.1) is 0 Å². The highest BCUT2D eigenvalue weighted by Gasteiger charge is 1.91. The van der Waals surface area contributed by atoms with E-state index in [-0.39, 0.29) is 0 Å². The van der Waals surface area contributed by atoms with Crippen molar-refractivity contribution in [2.24, 2.45) is 0 Å². The molecule has 0 unspecified atom stereocenters. The molecule has 0 saturated heterocycles. The standard InChI is InChI=1S/C11H24INO4/c1-13-3-5-15-7-9-17-11-10-16-8-6-14-4-2-12/h13H,2-11H2,1H3. The summed E-state index contributed by atoms with van der Waals surface area (Å²) in [6.45, 7) is 6.19. The summed E-state index contributed by atoms with van der Waals surface area (Å²) in [5.41, 5.74) is 0. The number of likely N-dealkylation sites (N-methyl/N-ethyl adjacent to an activating group) is 1. The second kappa shape index (κ2) is 16.5. The summed E-state index contributed by atoms with van der Waals surface area (Å²) in [4.78, 5) is 0. The third kappa shape index (κ3) is 16.5. The Morgan fingerprint density at radius 2 is 1.12 bits per heavy atom. The molecule has 0 amide bonds. The quantitative estimate of drug-likeness (QED) is 0.281. The number of ether oxygens (including phenoxy) is 4. The fourth-order valence-electron chi connectivity index (χ4n) is 0.991. The van der Waals surface area contributed by atoms with E-state index in [1.165, 1.54) is 0 Å². The molecule has 0 bridgehead atoms. The summed E-state index contributed by atoms with van der Waals surface area (Å²) in [5.74, 6) is 0. The lowest BCUT2D eigenvalue weighted by atomic mass is 10.6. The molecule has 0 atom stereocenters. The highest BCUT2D eigenvalue weighted by Crippen LogP contribution is 1.84. The molecule has 1 N–H and O–H groups in total. The average Bonchev–Trinajstić information content (AvgIpc) is 2.35. The van der Waals surface area contributed by atoms with Gasteiger partial charge in [0.15, 0.2) is 0 Å². The Bertz CT molecular complexity index is 127. The maximum atomic E-state index is 5.33. The highest BCUT2D eigenvalue weighted by atomic mass is 127. The molecule has 0 fully saturated rings. The molecule has 0 aromatic carbocycles. The minimum Gasteiger partial charge on any atom is -0.378 e. The molecule has 0 aliphatic carbocycles. The van der Waals surface area contributed by atoms with Gasteiger partial charge < -0.3 is 24.3 Å². The summed E-state index contributed by atoms with van der Waals surface area (Å²) < 4.78 is 22.2. The van der Waals surface area contributed by atoms with Crippen molar-refractivity contribution in [1.82, 2.24) is 5.32 Å². The third-order valence-electron chi connectivity index (χ3n) is 1.83. The molecule has 5 nitrogen and oxygen atoms in total. The van der Waals surface area contributed by atoms with Crippen LogP contribution in [0.15, 0.2) is 0 Å². The van der Waals surface area contributed by atoms with Gasteiger partial charge in [0.1, 0.15) is 0 Å². The van der Waals surface area contributed by atoms with Gasteiger partial charge in [0, 0.05) is 11.0 Å². The van der Waals surface area contributed by atoms with Crippen LogP contribution in [0.4, 0.5) is 0 Å². The van der Waals surface area contributed by atoms with E-state index in [1.54, 1.807) is 0 Å². The minimum atomic E-state index is 0.613. The molecule has 0 saturated carbocycles. The number of hydrogen-bond acceptors (Lipinski definition) is 5. The van der Waals surface area contributed by atoms with Crippen LogP contribution in [0, 0.1) is 0 Å². The second-order valence-electron chi connectivity index (χ2n) is 3.24. The molecule has 0 spiro atoms. The van der Waals surface area contributed by atoms with Crippen LogP contribution in [-0.2, 0) is 18.9 Å². The van der Waals surface area contributed by atoms with E-state index in [9.17, 15) is 0 Å². The van der Waals surface area contributed by atoms with E-state index >= 15 is 0 Å². The van der Waals surface area contributed by atoms with Crippen LogP contribution in [0.2, 0.25) is 0 Å². The lowest BCUT2D eigenvalue weighted by Gasteiger charge is -2.06. The summed E-state index contributed by atoms with van der Waals surface area (Å²) in [5, 5.41) is 3.01. The van der Waals surface area contributed by atoms with Crippen LogP contribution >= 0.6 is 22.6 Å². The number of rotatable bonds is 14. The lowest BCUT2D eigenvalue weighted by Crippen LogP contribution is -2.17. The molecule has 0 aromatic rings. The van der Waals surface area contributed by atoms with Crippen molar-refractivity contribution in [2.45, 2.75) is 0 Å². The Labute approximate surface area is 118 Å². The molecule has 17 heavy (non-hydrogen) atoms. The Morgan fingerprint density at radius 1 is 0.706 bits per heavy atom. The predicted octanol–water partition coefficient (Wildman–Crippen LogP) is 0.707. The monoisotopic (exact) mass is 361 g/mol. The average molecular weight is 361 g/mol. The van der Waals surface area contributed by atoms with E-state index in [4.69, 9.17) is 18.9 Å². The number of alkyl halides is 1. The van der Waals surface area contributed by atoms with Gasteiger partial charge in [-0.2, -0.15) is 0 Å². The first-order valence-electron chi connectivity index (χ1n) is 5.93. The van der Waals surface area contributed by atoms with Crippen molar-refractivity contribution in [3.8, 4) is 0 Å². The Balaban J connectivity index is 2.85. The lowest BCUT2D eigenvalue weighted by molar-refractivity contribution is 0.000399. The Hall–Kier alpha value is 0.530. The highest BCUT2D eigenvalue weighted by molar-refractivity contribution is 14.1. The first-order chi connectivity index (χ1) is 8.41. The van der Waals surface area contributed by atoms with Crippen LogP contribution < -0.4 is 5.32 Å². The van der Waals surface area contributed by atoms with Crippen molar-refractivity contribution in [2.75, 3.05) is 70.9 Å². The predicted molar refractivity (Wildman–Crippen MR) is 76.1 cm³/mol. The van der Waals surface area contributed by atoms with Gasteiger partial charge >= 0.3 is 0 Å². The Kier molecular flexibility index (Phi) is 17.0. The zero-order chi connectivity index (χ0) is 12.6.